The molecule has 1 saturated heterocycles. The lowest BCUT2D eigenvalue weighted by molar-refractivity contribution is -0.897. The molecule has 6 heteroatoms. The van der Waals surface area contributed by atoms with E-state index in [1.54, 1.807) is 29.4 Å². The van der Waals surface area contributed by atoms with Crippen LogP contribution in [0.5, 0.6) is 0 Å². The highest BCUT2D eigenvalue weighted by Crippen LogP contribution is 2.31. The van der Waals surface area contributed by atoms with E-state index in [2.05, 4.69) is 18.2 Å². The molecule has 3 aromatic rings. The second-order valence-corrected chi connectivity index (χ2v) is 8.66. The molecule has 0 unspecified atom stereocenters. The number of benzene rings is 2. The highest BCUT2D eigenvalue weighted by Gasteiger charge is 2.27. The van der Waals surface area contributed by atoms with E-state index < -0.39 is 0 Å². The molecule has 1 N–H and O–H groups in total. The number of piperidine rings is 1. The summed E-state index contributed by atoms with van der Waals surface area (Å²) in [6, 6.07) is 14.7. The summed E-state index contributed by atoms with van der Waals surface area (Å²) >= 11 is 1.80. The van der Waals surface area contributed by atoms with E-state index in [1.165, 1.54) is 26.7 Å². The van der Waals surface area contributed by atoms with Gasteiger partial charge < -0.3 is 9.80 Å². The third-order valence-electron chi connectivity index (χ3n) is 5.49. The van der Waals surface area contributed by atoms with Crippen LogP contribution in [-0.2, 0) is 11.3 Å². The molecule has 1 aromatic heterocycles. The van der Waals surface area contributed by atoms with E-state index in [-0.39, 0.29) is 11.7 Å². The summed E-state index contributed by atoms with van der Waals surface area (Å²) in [4.78, 5) is 20.4. The maximum absolute atomic E-state index is 13.3. The Morgan fingerprint density at radius 3 is 2.75 bits per heavy atom. The van der Waals surface area contributed by atoms with Crippen LogP contribution in [0, 0.1) is 5.82 Å². The number of hydrogen-bond donors (Lipinski definition) is 1. The Balaban J connectivity index is 1.29. The van der Waals surface area contributed by atoms with E-state index in [4.69, 9.17) is 4.98 Å². The van der Waals surface area contributed by atoms with Gasteiger partial charge in [-0.05, 0) is 29.8 Å². The lowest BCUT2D eigenvalue weighted by Gasteiger charge is -2.29. The van der Waals surface area contributed by atoms with Crippen LogP contribution in [0.3, 0.4) is 0 Å². The molecule has 28 heavy (non-hydrogen) atoms. The Morgan fingerprint density at radius 1 is 1.21 bits per heavy atom. The van der Waals surface area contributed by atoms with Crippen molar-refractivity contribution in [1.82, 2.24) is 9.88 Å². The summed E-state index contributed by atoms with van der Waals surface area (Å²) in [6.45, 7) is 2.91. The second-order valence-electron chi connectivity index (χ2n) is 7.60. The summed E-state index contributed by atoms with van der Waals surface area (Å²) in [7, 11) is 1.79. The number of quaternary nitrogens is 1. The number of fused-ring (bicyclic) bond motifs is 1. The highest BCUT2D eigenvalue weighted by molar-refractivity contribution is 7.18. The first-order valence-electron chi connectivity index (χ1n) is 9.76. The fourth-order valence-corrected chi connectivity index (χ4v) is 5.00. The Morgan fingerprint density at radius 2 is 2.00 bits per heavy atom. The molecule has 0 radical (unpaired) electrons. The van der Waals surface area contributed by atoms with Gasteiger partial charge in [-0.1, -0.05) is 24.3 Å². The summed E-state index contributed by atoms with van der Waals surface area (Å²) < 4.78 is 14.6. The fraction of sp³-hybridized carbons (Fsp3) is 0.364. The molecule has 2 heterocycles. The zero-order valence-corrected chi connectivity index (χ0v) is 16.8. The Bertz CT molecular complexity index is 932. The molecule has 0 saturated carbocycles. The third-order valence-corrected chi connectivity index (χ3v) is 6.69. The minimum atomic E-state index is -0.263. The number of nitrogens with one attached hydrogen (secondary N) is 1. The van der Waals surface area contributed by atoms with Gasteiger partial charge in [-0.3, -0.25) is 4.79 Å². The fourth-order valence-electron chi connectivity index (χ4n) is 3.86. The molecule has 4 nitrogen and oxygen atoms in total. The average molecular weight is 399 g/mol. The van der Waals surface area contributed by atoms with Gasteiger partial charge in [0.2, 0.25) is 0 Å². The van der Waals surface area contributed by atoms with Gasteiger partial charge in [0.15, 0.2) is 6.54 Å². The standard InChI is InChI=1S/C22H24FN3OS/c1-25(14-16-5-4-6-18(23)13-16)21(27)15-26-11-9-17(10-12-26)22-24-19-7-2-3-8-20(19)28-22/h2-8,13,17H,9-12,14-15H2,1H3/p+1. The zero-order chi connectivity index (χ0) is 19.5. The molecule has 1 aliphatic rings. The van der Waals surface area contributed by atoms with Crippen molar-refractivity contribution in [3.8, 4) is 0 Å². The van der Waals surface area contributed by atoms with Crippen LogP contribution < -0.4 is 4.90 Å². The van der Waals surface area contributed by atoms with Gasteiger partial charge in [0.05, 0.1) is 28.3 Å². The van der Waals surface area contributed by atoms with Crippen LogP contribution >= 0.6 is 11.3 Å². The molecule has 4 rings (SSSR count). The van der Waals surface area contributed by atoms with Gasteiger partial charge in [-0.15, -0.1) is 11.3 Å². The van der Waals surface area contributed by atoms with Crippen molar-refractivity contribution < 1.29 is 14.1 Å². The monoisotopic (exact) mass is 398 g/mol. The lowest BCUT2D eigenvalue weighted by Crippen LogP contribution is -3.14. The van der Waals surface area contributed by atoms with Crippen LogP contribution in [-0.4, -0.2) is 42.5 Å². The van der Waals surface area contributed by atoms with Crippen molar-refractivity contribution in [3.63, 3.8) is 0 Å². The summed E-state index contributed by atoms with van der Waals surface area (Å²) in [5.74, 6) is 0.347. The Kier molecular flexibility index (Phi) is 5.69. The first-order valence-corrected chi connectivity index (χ1v) is 10.6. The molecule has 1 aliphatic heterocycles. The van der Waals surface area contributed by atoms with Crippen LogP contribution in [0.4, 0.5) is 4.39 Å². The van der Waals surface area contributed by atoms with E-state index in [1.807, 2.05) is 12.1 Å². The molecule has 0 aliphatic carbocycles. The molecule has 1 fully saturated rings. The van der Waals surface area contributed by atoms with Gasteiger partial charge in [0, 0.05) is 32.4 Å². The van der Waals surface area contributed by atoms with Gasteiger partial charge in [0.25, 0.3) is 5.91 Å². The van der Waals surface area contributed by atoms with Crippen LogP contribution in [0.25, 0.3) is 10.2 Å². The molecular weight excluding hydrogens is 373 g/mol. The predicted molar refractivity (Wildman–Crippen MR) is 110 cm³/mol. The van der Waals surface area contributed by atoms with Crippen LogP contribution in [0.2, 0.25) is 0 Å². The quantitative estimate of drug-likeness (QED) is 0.718. The van der Waals surface area contributed by atoms with E-state index in [0.29, 0.717) is 19.0 Å². The lowest BCUT2D eigenvalue weighted by atomic mass is 9.97. The van der Waals surface area contributed by atoms with E-state index in [0.717, 1.165) is 37.0 Å². The summed E-state index contributed by atoms with van der Waals surface area (Å²) in [5.41, 5.74) is 1.91. The SMILES string of the molecule is CN(Cc1cccc(F)c1)C(=O)C[NH+]1CCC(c2nc3ccccc3s2)CC1. The maximum atomic E-state index is 13.3. The number of thiazole rings is 1. The number of aromatic nitrogens is 1. The number of hydrogen-bond acceptors (Lipinski definition) is 3. The zero-order valence-electron chi connectivity index (χ0n) is 16.0. The van der Waals surface area contributed by atoms with Crippen LogP contribution in [0.1, 0.15) is 29.3 Å². The third kappa shape index (κ3) is 4.39. The van der Waals surface area contributed by atoms with Gasteiger partial charge >= 0.3 is 0 Å². The van der Waals surface area contributed by atoms with E-state index >= 15 is 0 Å². The van der Waals surface area contributed by atoms with Crippen molar-refractivity contribution in [2.45, 2.75) is 25.3 Å². The number of amides is 1. The smallest absolute Gasteiger partial charge is 0.277 e. The van der Waals surface area contributed by atoms with Crippen LogP contribution in [0.15, 0.2) is 48.5 Å². The van der Waals surface area contributed by atoms with Crippen molar-refractivity contribution in [3.05, 3.63) is 64.9 Å². The normalized spacial score (nSPS) is 19.6. The number of nitrogens with zero attached hydrogens (tertiary/aromatic N) is 2. The Labute approximate surface area is 168 Å². The molecule has 2 aromatic carbocycles. The Hall–Kier alpha value is -2.31. The summed E-state index contributed by atoms with van der Waals surface area (Å²) in [5, 5.41) is 1.23. The van der Waals surface area contributed by atoms with Crippen molar-refractivity contribution >= 4 is 27.5 Å². The number of carbonyl (C=O) groups is 1. The van der Waals surface area contributed by atoms with Gasteiger partial charge in [0.1, 0.15) is 5.82 Å². The topological polar surface area (TPSA) is 37.6 Å². The first-order chi connectivity index (χ1) is 13.6. The molecule has 1 amide bonds. The summed E-state index contributed by atoms with van der Waals surface area (Å²) in [6.07, 6.45) is 2.13. The van der Waals surface area contributed by atoms with Gasteiger partial charge in [-0.2, -0.15) is 0 Å². The van der Waals surface area contributed by atoms with Crippen molar-refractivity contribution in [1.29, 1.82) is 0 Å². The number of likely N-dealkylation sites (N-methyl/N-ethyl adjacent to an activating group) is 1. The first kappa shape index (κ1) is 19.0. The minimum absolute atomic E-state index is 0.109. The number of likely N-dealkylation sites (tertiary alicyclic amines) is 1. The minimum Gasteiger partial charge on any atom is -0.337 e. The largest absolute Gasteiger partial charge is 0.337 e. The molecular formula is C22H25FN3OS+. The molecule has 0 atom stereocenters. The molecule has 0 spiro atoms. The van der Waals surface area contributed by atoms with Gasteiger partial charge in [-0.25, -0.2) is 9.37 Å². The number of halogens is 1. The predicted octanol–water partition coefficient (Wildman–Crippen LogP) is 2.86. The molecule has 0 bridgehead atoms. The molecule has 146 valence electrons. The number of carbonyl (C=O) groups excluding carboxylic acids is 1. The van der Waals surface area contributed by atoms with Crippen molar-refractivity contribution in [2.24, 2.45) is 0 Å². The van der Waals surface area contributed by atoms with E-state index in [9.17, 15) is 9.18 Å². The average Bonchev–Trinajstić information content (AvgIpc) is 3.13. The number of para-hydroxylation sites is 1. The number of rotatable bonds is 5. The second kappa shape index (κ2) is 8.37. The van der Waals surface area contributed by atoms with Crippen molar-refractivity contribution in [2.75, 3.05) is 26.7 Å². The maximum Gasteiger partial charge on any atom is 0.277 e. The highest BCUT2D eigenvalue weighted by atomic mass is 32.1.